The van der Waals surface area contributed by atoms with Crippen LogP contribution >= 0.6 is 0 Å². The quantitative estimate of drug-likeness (QED) is 0.761. The van der Waals surface area contributed by atoms with Crippen molar-refractivity contribution in [1.82, 2.24) is 9.97 Å². The number of rotatable bonds is 7. The Bertz CT molecular complexity index is 725. The number of hydrogen-bond acceptors (Lipinski definition) is 5. The summed E-state index contributed by atoms with van der Waals surface area (Å²) in [6, 6.07) is 4.40. The van der Waals surface area contributed by atoms with Crippen molar-refractivity contribution in [3.63, 3.8) is 0 Å². The van der Waals surface area contributed by atoms with Gasteiger partial charge in [0.2, 0.25) is 5.95 Å². The maximum Gasteiger partial charge on any atom is 0.274 e. The lowest BCUT2D eigenvalue weighted by Gasteiger charge is -2.09. The number of methoxy groups -OCH3 is 1. The normalized spacial score (nSPS) is 10.5. The van der Waals surface area contributed by atoms with Gasteiger partial charge < -0.3 is 15.4 Å². The van der Waals surface area contributed by atoms with E-state index in [1.54, 1.807) is 14.0 Å². The second kappa shape index (κ2) is 8.30. The van der Waals surface area contributed by atoms with E-state index in [0.29, 0.717) is 30.9 Å². The van der Waals surface area contributed by atoms with Crippen molar-refractivity contribution < 1.29 is 18.3 Å². The SMILES string of the molecule is COCCCNc1nc(C)cc(C(=O)Nc2ccc(F)cc2F)n1. The van der Waals surface area contributed by atoms with Crippen molar-refractivity contribution in [3.8, 4) is 0 Å². The lowest BCUT2D eigenvalue weighted by molar-refractivity contribution is 0.102. The van der Waals surface area contributed by atoms with Gasteiger partial charge >= 0.3 is 0 Å². The molecule has 0 fully saturated rings. The lowest BCUT2D eigenvalue weighted by Crippen LogP contribution is -2.17. The highest BCUT2D eigenvalue weighted by Crippen LogP contribution is 2.16. The molecule has 0 aliphatic carbocycles. The van der Waals surface area contributed by atoms with Gasteiger partial charge in [0.15, 0.2) is 0 Å². The monoisotopic (exact) mass is 336 g/mol. The van der Waals surface area contributed by atoms with E-state index >= 15 is 0 Å². The minimum absolute atomic E-state index is 0.0838. The maximum atomic E-state index is 13.6. The van der Waals surface area contributed by atoms with Crippen molar-refractivity contribution >= 4 is 17.5 Å². The number of nitrogens with zero attached hydrogens (tertiary/aromatic N) is 2. The molecule has 2 rings (SSSR count). The number of hydrogen-bond donors (Lipinski definition) is 2. The summed E-state index contributed by atoms with van der Waals surface area (Å²) >= 11 is 0. The third-order valence-electron chi connectivity index (χ3n) is 3.07. The van der Waals surface area contributed by atoms with Crippen LogP contribution in [0, 0.1) is 18.6 Å². The summed E-state index contributed by atoms with van der Waals surface area (Å²) in [7, 11) is 1.61. The minimum Gasteiger partial charge on any atom is -0.385 e. The van der Waals surface area contributed by atoms with Crippen LogP contribution in [0.25, 0.3) is 0 Å². The van der Waals surface area contributed by atoms with Crippen LogP contribution in [0.1, 0.15) is 22.6 Å². The molecular formula is C16H18F2N4O2. The first-order chi connectivity index (χ1) is 11.5. The third-order valence-corrected chi connectivity index (χ3v) is 3.07. The van der Waals surface area contributed by atoms with Crippen molar-refractivity contribution in [3.05, 3.63) is 47.3 Å². The van der Waals surface area contributed by atoms with Crippen LogP contribution in [0.4, 0.5) is 20.4 Å². The first-order valence-corrected chi connectivity index (χ1v) is 7.34. The molecule has 6 nitrogen and oxygen atoms in total. The fraction of sp³-hybridized carbons (Fsp3) is 0.312. The number of benzene rings is 1. The zero-order valence-corrected chi connectivity index (χ0v) is 13.4. The molecule has 0 atom stereocenters. The highest BCUT2D eigenvalue weighted by atomic mass is 19.1. The summed E-state index contributed by atoms with van der Waals surface area (Å²) in [6.45, 7) is 2.90. The average Bonchev–Trinajstić information content (AvgIpc) is 2.53. The number of carbonyl (C=O) groups is 1. The van der Waals surface area contributed by atoms with Crippen molar-refractivity contribution in [2.75, 3.05) is 30.9 Å². The predicted molar refractivity (Wildman–Crippen MR) is 86.1 cm³/mol. The van der Waals surface area contributed by atoms with Crippen LogP contribution in [-0.2, 0) is 4.74 Å². The first kappa shape index (κ1) is 17.7. The molecule has 0 aliphatic rings. The molecule has 1 aromatic heterocycles. The Morgan fingerprint density at radius 2 is 2.04 bits per heavy atom. The van der Waals surface area contributed by atoms with Gasteiger partial charge in [-0.05, 0) is 31.5 Å². The number of ether oxygens (including phenoxy) is 1. The summed E-state index contributed by atoms with van der Waals surface area (Å²) in [5, 5.41) is 5.36. The molecule has 2 aromatic rings. The van der Waals surface area contributed by atoms with E-state index < -0.39 is 17.5 Å². The Hall–Kier alpha value is -2.61. The molecule has 24 heavy (non-hydrogen) atoms. The zero-order valence-electron chi connectivity index (χ0n) is 13.4. The standard InChI is InChI=1S/C16H18F2N4O2/c1-10-8-14(22-16(20-10)19-6-3-7-24-2)15(23)21-13-5-4-11(17)9-12(13)18/h4-5,8-9H,3,6-7H2,1-2H3,(H,21,23)(H,19,20,22). The molecule has 0 spiro atoms. The topological polar surface area (TPSA) is 76.1 Å². The van der Waals surface area contributed by atoms with Crippen LogP contribution in [-0.4, -0.2) is 36.1 Å². The third kappa shape index (κ3) is 4.95. The summed E-state index contributed by atoms with van der Waals surface area (Å²) < 4.78 is 31.5. The predicted octanol–water partition coefficient (Wildman–Crippen LogP) is 2.76. The van der Waals surface area contributed by atoms with Crippen LogP contribution in [0.3, 0.4) is 0 Å². The Balaban J connectivity index is 2.09. The van der Waals surface area contributed by atoms with E-state index in [4.69, 9.17) is 4.74 Å². The molecule has 0 saturated heterocycles. The maximum absolute atomic E-state index is 13.6. The molecule has 1 aromatic carbocycles. The molecule has 2 N–H and O–H groups in total. The van der Waals surface area contributed by atoms with E-state index in [-0.39, 0.29) is 11.4 Å². The second-order valence-electron chi connectivity index (χ2n) is 5.07. The largest absolute Gasteiger partial charge is 0.385 e. The summed E-state index contributed by atoms with van der Waals surface area (Å²) in [4.78, 5) is 20.5. The fourth-order valence-electron chi connectivity index (χ4n) is 1.96. The van der Waals surface area contributed by atoms with Crippen molar-refractivity contribution in [2.24, 2.45) is 0 Å². The van der Waals surface area contributed by atoms with E-state index in [2.05, 4.69) is 20.6 Å². The van der Waals surface area contributed by atoms with Crippen LogP contribution in [0.5, 0.6) is 0 Å². The summed E-state index contributed by atoms with van der Waals surface area (Å²) in [6.07, 6.45) is 0.760. The highest BCUT2D eigenvalue weighted by molar-refractivity contribution is 6.03. The van der Waals surface area contributed by atoms with Crippen molar-refractivity contribution in [2.45, 2.75) is 13.3 Å². The van der Waals surface area contributed by atoms with E-state index in [1.807, 2.05) is 0 Å². The fourth-order valence-corrected chi connectivity index (χ4v) is 1.96. The van der Waals surface area contributed by atoms with Gasteiger partial charge in [-0.3, -0.25) is 4.79 Å². The number of amides is 1. The molecule has 0 radical (unpaired) electrons. The van der Waals surface area contributed by atoms with Crippen LogP contribution in [0.15, 0.2) is 24.3 Å². The van der Waals surface area contributed by atoms with E-state index in [1.165, 1.54) is 6.07 Å². The molecule has 0 bridgehead atoms. The molecule has 1 amide bonds. The average molecular weight is 336 g/mol. The minimum atomic E-state index is -0.855. The molecule has 128 valence electrons. The summed E-state index contributed by atoms with van der Waals surface area (Å²) in [5.41, 5.74) is 0.553. The van der Waals surface area contributed by atoms with Gasteiger partial charge in [-0.15, -0.1) is 0 Å². The van der Waals surface area contributed by atoms with Gasteiger partial charge in [0, 0.05) is 32.0 Å². The van der Waals surface area contributed by atoms with Crippen molar-refractivity contribution in [1.29, 1.82) is 0 Å². The smallest absolute Gasteiger partial charge is 0.274 e. The Morgan fingerprint density at radius 3 is 2.75 bits per heavy atom. The zero-order chi connectivity index (χ0) is 17.5. The molecule has 0 saturated carbocycles. The second-order valence-corrected chi connectivity index (χ2v) is 5.07. The number of anilines is 2. The Kier molecular flexibility index (Phi) is 6.14. The van der Waals surface area contributed by atoms with Gasteiger partial charge in [0.25, 0.3) is 5.91 Å². The Morgan fingerprint density at radius 1 is 1.25 bits per heavy atom. The number of carbonyl (C=O) groups excluding carboxylic acids is 1. The van der Waals surface area contributed by atoms with Gasteiger partial charge in [-0.1, -0.05) is 0 Å². The number of aryl methyl sites for hydroxylation is 1. The molecule has 0 aliphatic heterocycles. The molecule has 1 heterocycles. The van der Waals surface area contributed by atoms with Crippen LogP contribution in [0.2, 0.25) is 0 Å². The van der Waals surface area contributed by atoms with Crippen LogP contribution < -0.4 is 10.6 Å². The van der Waals surface area contributed by atoms with Gasteiger partial charge in [0.05, 0.1) is 5.69 Å². The number of aromatic nitrogens is 2. The number of nitrogens with one attached hydrogen (secondary N) is 2. The highest BCUT2D eigenvalue weighted by Gasteiger charge is 2.13. The summed E-state index contributed by atoms with van der Waals surface area (Å²) in [5.74, 6) is -1.88. The lowest BCUT2D eigenvalue weighted by atomic mass is 10.2. The van der Waals surface area contributed by atoms with Gasteiger partial charge in [-0.2, -0.15) is 0 Å². The number of halogens is 2. The van der Waals surface area contributed by atoms with E-state index in [9.17, 15) is 13.6 Å². The molecule has 8 heteroatoms. The molecular weight excluding hydrogens is 318 g/mol. The first-order valence-electron chi connectivity index (χ1n) is 7.34. The van der Waals surface area contributed by atoms with E-state index in [0.717, 1.165) is 18.6 Å². The van der Waals surface area contributed by atoms with Gasteiger partial charge in [0.1, 0.15) is 17.3 Å². The Labute approximate surface area is 138 Å². The molecule has 0 unspecified atom stereocenters. The van der Waals surface area contributed by atoms with Gasteiger partial charge in [-0.25, -0.2) is 18.7 Å².